The Labute approximate surface area is 100 Å². The van der Waals surface area contributed by atoms with Crippen LogP contribution in [0, 0.1) is 0 Å². The zero-order valence-electron chi connectivity index (χ0n) is 9.75. The van der Waals surface area contributed by atoms with Crippen LogP contribution in [0.5, 0.6) is 0 Å². The maximum Gasteiger partial charge on any atom is 0.225 e. The molecule has 1 saturated carbocycles. The van der Waals surface area contributed by atoms with Gasteiger partial charge in [0, 0.05) is 25.5 Å². The van der Waals surface area contributed by atoms with Crippen molar-refractivity contribution in [3.63, 3.8) is 0 Å². The molecule has 1 aliphatic carbocycles. The maximum atomic E-state index is 11.9. The lowest BCUT2D eigenvalue weighted by Crippen LogP contribution is -2.46. The second-order valence-electron chi connectivity index (χ2n) is 4.43. The van der Waals surface area contributed by atoms with Crippen molar-refractivity contribution < 1.29 is 9.53 Å². The average Bonchev–Trinajstić information content (AvgIpc) is 2.20. The molecule has 0 aromatic carbocycles. The Morgan fingerprint density at radius 3 is 2.53 bits per heavy atom. The van der Waals surface area contributed by atoms with E-state index >= 15 is 0 Å². The Balaban J connectivity index is 2.47. The molecule has 0 heterocycles. The molecule has 0 aliphatic heterocycles. The molecule has 0 radical (unpaired) electrons. The van der Waals surface area contributed by atoms with Crippen molar-refractivity contribution in [2.24, 2.45) is 0 Å². The molecule has 1 amide bonds. The van der Waals surface area contributed by atoms with E-state index in [-0.39, 0.29) is 17.6 Å². The predicted molar refractivity (Wildman–Crippen MR) is 64.2 cm³/mol. The van der Waals surface area contributed by atoms with E-state index in [0.29, 0.717) is 6.42 Å². The first-order valence-electron chi connectivity index (χ1n) is 5.41. The van der Waals surface area contributed by atoms with Crippen molar-refractivity contribution in [1.29, 1.82) is 0 Å². The van der Waals surface area contributed by atoms with Crippen molar-refractivity contribution in [2.75, 3.05) is 19.5 Å². The van der Waals surface area contributed by atoms with Crippen LogP contribution >= 0.6 is 15.9 Å². The number of methoxy groups -OCH3 is 1. The largest absolute Gasteiger partial charge is 0.378 e. The first-order chi connectivity index (χ1) is 7.04. The van der Waals surface area contributed by atoms with Gasteiger partial charge >= 0.3 is 0 Å². The Morgan fingerprint density at radius 1 is 1.60 bits per heavy atom. The number of amides is 1. The molecule has 0 aromatic heterocycles. The molecular formula is C11H20BrNO2. The molecule has 0 spiro atoms. The van der Waals surface area contributed by atoms with Gasteiger partial charge in [0.1, 0.15) is 0 Å². The summed E-state index contributed by atoms with van der Waals surface area (Å²) in [6, 6.07) is 0.242. The molecule has 1 atom stereocenters. The molecule has 1 unspecified atom stereocenters. The molecule has 0 bridgehead atoms. The minimum absolute atomic E-state index is 0.155. The second kappa shape index (κ2) is 5.30. The molecule has 88 valence electrons. The molecule has 1 fully saturated rings. The van der Waals surface area contributed by atoms with Gasteiger partial charge in [0.25, 0.3) is 0 Å². The minimum atomic E-state index is -0.155. The van der Waals surface area contributed by atoms with Crippen LogP contribution in [0.3, 0.4) is 0 Å². The standard InChI is InChI=1S/C11H20BrNO2/c1-9(8-12)13(2)10(14)7-11(15-3)5-4-6-11/h9H,4-8H2,1-3H3. The molecule has 4 heteroatoms. The number of hydrogen-bond donors (Lipinski definition) is 0. The van der Waals surface area contributed by atoms with E-state index in [9.17, 15) is 4.79 Å². The number of carbonyl (C=O) groups excluding carboxylic acids is 1. The van der Waals surface area contributed by atoms with Gasteiger partial charge in [-0.3, -0.25) is 4.79 Å². The summed E-state index contributed by atoms with van der Waals surface area (Å²) in [5.41, 5.74) is -0.155. The summed E-state index contributed by atoms with van der Waals surface area (Å²) in [5.74, 6) is 0.184. The first-order valence-corrected chi connectivity index (χ1v) is 6.53. The Hall–Kier alpha value is -0.0900. The van der Waals surface area contributed by atoms with E-state index in [2.05, 4.69) is 15.9 Å². The third kappa shape index (κ3) is 2.94. The third-order valence-electron chi connectivity index (χ3n) is 3.45. The summed E-state index contributed by atoms with van der Waals surface area (Å²) in [4.78, 5) is 13.7. The molecule has 15 heavy (non-hydrogen) atoms. The highest BCUT2D eigenvalue weighted by Gasteiger charge is 2.39. The molecule has 1 rings (SSSR count). The summed E-state index contributed by atoms with van der Waals surface area (Å²) >= 11 is 3.39. The Morgan fingerprint density at radius 2 is 2.20 bits per heavy atom. The quantitative estimate of drug-likeness (QED) is 0.721. The van der Waals surface area contributed by atoms with Crippen LogP contribution in [0.2, 0.25) is 0 Å². The highest BCUT2D eigenvalue weighted by molar-refractivity contribution is 9.09. The van der Waals surface area contributed by atoms with Gasteiger partial charge in [-0.25, -0.2) is 0 Å². The number of ether oxygens (including phenoxy) is 1. The molecule has 0 saturated heterocycles. The van der Waals surface area contributed by atoms with E-state index < -0.39 is 0 Å². The van der Waals surface area contributed by atoms with Gasteiger partial charge < -0.3 is 9.64 Å². The lowest BCUT2D eigenvalue weighted by molar-refractivity contribution is -0.144. The van der Waals surface area contributed by atoms with Crippen LogP contribution in [-0.4, -0.2) is 41.9 Å². The molecule has 0 aromatic rings. The van der Waals surface area contributed by atoms with Gasteiger partial charge in [0.2, 0.25) is 5.91 Å². The van der Waals surface area contributed by atoms with E-state index in [0.717, 1.165) is 18.2 Å². The Kier molecular flexibility index (Phi) is 4.59. The smallest absolute Gasteiger partial charge is 0.225 e. The monoisotopic (exact) mass is 277 g/mol. The minimum Gasteiger partial charge on any atom is -0.378 e. The summed E-state index contributed by atoms with van der Waals surface area (Å²) in [7, 11) is 3.57. The number of nitrogens with zero attached hydrogens (tertiary/aromatic N) is 1. The summed E-state index contributed by atoms with van der Waals surface area (Å²) in [6.45, 7) is 2.03. The van der Waals surface area contributed by atoms with Crippen LogP contribution in [0.4, 0.5) is 0 Å². The topological polar surface area (TPSA) is 29.5 Å². The van der Waals surface area contributed by atoms with Gasteiger partial charge in [-0.2, -0.15) is 0 Å². The van der Waals surface area contributed by atoms with Gasteiger partial charge in [-0.05, 0) is 26.2 Å². The third-order valence-corrected chi connectivity index (χ3v) is 4.39. The van der Waals surface area contributed by atoms with E-state index in [1.807, 2.05) is 14.0 Å². The van der Waals surface area contributed by atoms with Gasteiger partial charge in [-0.15, -0.1) is 0 Å². The summed E-state index contributed by atoms with van der Waals surface area (Å²) in [6.07, 6.45) is 3.74. The van der Waals surface area contributed by atoms with Gasteiger partial charge in [0.15, 0.2) is 0 Å². The number of alkyl halides is 1. The van der Waals surface area contributed by atoms with E-state index in [1.165, 1.54) is 6.42 Å². The van der Waals surface area contributed by atoms with Crippen LogP contribution in [0.15, 0.2) is 0 Å². The van der Waals surface area contributed by atoms with Crippen LogP contribution in [0.25, 0.3) is 0 Å². The number of hydrogen-bond acceptors (Lipinski definition) is 2. The average molecular weight is 278 g/mol. The molecule has 1 aliphatic rings. The van der Waals surface area contributed by atoms with Crippen molar-refractivity contribution >= 4 is 21.8 Å². The van der Waals surface area contributed by atoms with Crippen LogP contribution in [0.1, 0.15) is 32.6 Å². The molecule has 3 nitrogen and oxygen atoms in total. The first kappa shape index (κ1) is 13.0. The number of carbonyl (C=O) groups is 1. The van der Waals surface area contributed by atoms with Crippen molar-refractivity contribution in [3.8, 4) is 0 Å². The van der Waals surface area contributed by atoms with Gasteiger partial charge in [0.05, 0.1) is 12.0 Å². The predicted octanol–water partition coefficient (Wildman–Crippen LogP) is 2.19. The molecule has 0 N–H and O–H groups in total. The van der Waals surface area contributed by atoms with Crippen molar-refractivity contribution in [1.82, 2.24) is 4.90 Å². The van der Waals surface area contributed by atoms with Crippen molar-refractivity contribution in [3.05, 3.63) is 0 Å². The normalized spacial score (nSPS) is 20.5. The van der Waals surface area contributed by atoms with Crippen molar-refractivity contribution in [2.45, 2.75) is 44.2 Å². The van der Waals surface area contributed by atoms with Gasteiger partial charge in [-0.1, -0.05) is 15.9 Å². The summed E-state index contributed by atoms with van der Waals surface area (Å²) in [5, 5.41) is 0.815. The highest BCUT2D eigenvalue weighted by atomic mass is 79.9. The zero-order valence-corrected chi connectivity index (χ0v) is 11.3. The maximum absolute atomic E-state index is 11.9. The highest BCUT2D eigenvalue weighted by Crippen LogP contribution is 2.38. The number of rotatable bonds is 5. The van der Waals surface area contributed by atoms with Crippen LogP contribution < -0.4 is 0 Å². The summed E-state index contributed by atoms with van der Waals surface area (Å²) < 4.78 is 5.45. The lowest BCUT2D eigenvalue weighted by Gasteiger charge is -2.41. The van der Waals surface area contributed by atoms with E-state index in [1.54, 1.807) is 12.0 Å². The fourth-order valence-corrected chi connectivity index (χ4v) is 2.21. The molecular weight excluding hydrogens is 258 g/mol. The fraction of sp³-hybridized carbons (Fsp3) is 0.909. The van der Waals surface area contributed by atoms with Crippen LogP contribution in [-0.2, 0) is 9.53 Å². The fourth-order valence-electron chi connectivity index (χ4n) is 1.77. The number of halogens is 1. The lowest BCUT2D eigenvalue weighted by atomic mass is 9.77. The zero-order chi connectivity index (χ0) is 11.5. The van der Waals surface area contributed by atoms with E-state index in [4.69, 9.17) is 4.74 Å². The Bertz CT molecular complexity index is 223. The SMILES string of the molecule is COC1(CC(=O)N(C)C(C)CBr)CCC1. The second-order valence-corrected chi connectivity index (χ2v) is 5.07.